The van der Waals surface area contributed by atoms with E-state index >= 15 is 4.39 Å². The summed E-state index contributed by atoms with van der Waals surface area (Å²) in [6.07, 6.45) is 6.23. The quantitative estimate of drug-likeness (QED) is 0.0889. The molecule has 2 aliphatic heterocycles. The summed E-state index contributed by atoms with van der Waals surface area (Å²) in [4.78, 5) is 21.7. The second-order valence-corrected chi connectivity index (χ2v) is 12.7. The molecule has 3 aromatic carbocycles. The molecule has 18 heteroatoms. The minimum atomic E-state index is -0.963. The van der Waals surface area contributed by atoms with E-state index in [9.17, 15) is 0 Å². The SMILES string of the molecule is CCCC1COC(Cn2cncn2)(c2ccc(Cl)cc2Cl)O1.CO/N=C(/C1=NOCCO1)c1ccccc1Oc1ncnc(Oc2ccccc2Cl)c1F. The molecule has 0 saturated carbocycles. The van der Waals surface area contributed by atoms with Crippen LogP contribution in [0.5, 0.6) is 23.3 Å². The third kappa shape index (κ3) is 9.35. The van der Waals surface area contributed by atoms with Crippen LogP contribution in [0.2, 0.25) is 15.1 Å². The Bertz CT molecular complexity index is 2090. The lowest BCUT2D eigenvalue weighted by atomic mass is 10.1. The standard InChI is InChI=1S/C21H16ClFN4O5.C15H17Cl2N3O2/c1-28-26-18(21-27-30-11-10-29-21)13-6-2-4-8-15(13)31-19-17(23)20(25-12-24-19)32-16-9-5-3-7-14(16)22;1-2-3-12-7-21-15(22-12,8-20-10-18-9-19-20)13-5-4-11(16)6-14(13)17/h2-9,12H,10-11H2,1H3;4-6,9-10,12H,2-3,7-8H2,1H3/b26-18+;. The van der Waals surface area contributed by atoms with E-state index in [0.29, 0.717) is 40.4 Å². The van der Waals surface area contributed by atoms with Gasteiger partial charge < -0.3 is 33.4 Å². The highest BCUT2D eigenvalue weighted by molar-refractivity contribution is 6.45. The van der Waals surface area contributed by atoms with Crippen LogP contribution in [-0.2, 0) is 36.2 Å². The minimum Gasteiger partial charge on any atom is -0.470 e. The Morgan fingerprint density at radius 1 is 0.963 bits per heavy atom. The highest BCUT2D eigenvalue weighted by Gasteiger charge is 2.45. The van der Waals surface area contributed by atoms with E-state index < -0.39 is 11.6 Å². The van der Waals surface area contributed by atoms with Gasteiger partial charge in [0, 0.05) is 10.6 Å². The second kappa shape index (κ2) is 18.3. The molecule has 1 fully saturated rings. The summed E-state index contributed by atoms with van der Waals surface area (Å²) in [5.41, 5.74) is 1.36. The summed E-state index contributed by atoms with van der Waals surface area (Å²) >= 11 is 18.4. The van der Waals surface area contributed by atoms with Gasteiger partial charge in [0.25, 0.3) is 17.7 Å². The van der Waals surface area contributed by atoms with E-state index in [0.717, 1.165) is 24.7 Å². The van der Waals surface area contributed by atoms with E-state index in [1.165, 1.54) is 13.4 Å². The Hall–Kier alpha value is -5.06. The number of ether oxygens (including phenoxy) is 5. The van der Waals surface area contributed by atoms with Gasteiger partial charge in [-0.05, 0) is 48.0 Å². The smallest absolute Gasteiger partial charge is 0.280 e. The van der Waals surface area contributed by atoms with Gasteiger partial charge in [0.2, 0.25) is 11.6 Å². The zero-order valence-corrected chi connectivity index (χ0v) is 31.2. The van der Waals surface area contributed by atoms with Gasteiger partial charge in [0.15, 0.2) is 12.3 Å². The van der Waals surface area contributed by atoms with Crippen molar-refractivity contribution in [1.82, 2.24) is 24.7 Å². The van der Waals surface area contributed by atoms with E-state index in [1.54, 1.807) is 71.7 Å². The minimum absolute atomic E-state index is 0.0419. The number of oxime groups is 2. The van der Waals surface area contributed by atoms with Gasteiger partial charge >= 0.3 is 0 Å². The predicted octanol–water partition coefficient (Wildman–Crippen LogP) is 8.22. The molecule has 0 spiro atoms. The van der Waals surface area contributed by atoms with Crippen molar-refractivity contribution in [2.45, 2.75) is 38.2 Å². The monoisotopic (exact) mass is 799 g/mol. The molecule has 0 N–H and O–H groups in total. The molecule has 0 radical (unpaired) electrons. The largest absolute Gasteiger partial charge is 0.470 e. The van der Waals surface area contributed by atoms with Crippen molar-refractivity contribution in [3.05, 3.63) is 118 Å². The van der Waals surface area contributed by atoms with Crippen molar-refractivity contribution in [2.75, 3.05) is 26.9 Å². The van der Waals surface area contributed by atoms with Crippen LogP contribution in [0.25, 0.3) is 0 Å². The van der Waals surface area contributed by atoms with Crippen molar-refractivity contribution in [2.24, 2.45) is 10.3 Å². The first-order valence-corrected chi connectivity index (χ1v) is 17.7. The van der Waals surface area contributed by atoms with Crippen molar-refractivity contribution < 1.29 is 37.7 Å². The number of hydrogen-bond acceptors (Lipinski definition) is 13. The van der Waals surface area contributed by atoms with Crippen molar-refractivity contribution >= 4 is 46.4 Å². The second-order valence-electron chi connectivity index (χ2n) is 11.4. The van der Waals surface area contributed by atoms with Crippen LogP contribution in [0.15, 0.2) is 96.0 Å². The number of halogens is 4. The van der Waals surface area contributed by atoms with Crippen LogP contribution in [0.4, 0.5) is 4.39 Å². The maximum atomic E-state index is 15.1. The average molecular weight is 801 g/mol. The van der Waals surface area contributed by atoms with Crippen LogP contribution in [0.3, 0.4) is 0 Å². The Balaban J connectivity index is 0.000000197. The van der Waals surface area contributed by atoms with Gasteiger partial charge in [-0.1, -0.05) is 83.6 Å². The Labute approximate surface area is 324 Å². The average Bonchev–Trinajstić information content (AvgIpc) is 3.84. The lowest BCUT2D eigenvalue weighted by molar-refractivity contribution is -0.189. The highest BCUT2D eigenvalue weighted by atomic mass is 35.5. The van der Waals surface area contributed by atoms with Crippen LogP contribution in [0, 0.1) is 5.82 Å². The summed E-state index contributed by atoms with van der Waals surface area (Å²) in [7, 11) is 1.37. The molecule has 0 bridgehead atoms. The van der Waals surface area contributed by atoms with Crippen molar-refractivity contribution in [3.63, 3.8) is 0 Å². The molecule has 0 aliphatic carbocycles. The molecule has 2 unspecified atom stereocenters. The normalized spacial score (nSPS) is 18.1. The fourth-order valence-corrected chi connectivity index (χ4v) is 6.07. The summed E-state index contributed by atoms with van der Waals surface area (Å²) in [6.45, 7) is 3.63. The Morgan fingerprint density at radius 3 is 2.41 bits per heavy atom. The van der Waals surface area contributed by atoms with Gasteiger partial charge in [-0.15, -0.1) is 0 Å². The topological polar surface area (TPSA) is 146 Å². The molecule has 7 rings (SSSR count). The fraction of sp³-hybridized carbons (Fsp3) is 0.278. The summed E-state index contributed by atoms with van der Waals surface area (Å²) in [5.74, 6) is -2.05. The first kappa shape index (κ1) is 38.7. The van der Waals surface area contributed by atoms with Crippen LogP contribution >= 0.6 is 34.8 Å². The Morgan fingerprint density at radius 2 is 1.72 bits per heavy atom. The summed E-state index contributed by atoms with van der Waals surface area (Å²) < 4.78 is 45.8. The number of rotatable bonds is 12. The molecular weight excluding hydrogens is 768 g/mol. The summed E-state index contributed by atoms with van der Waals surface area (Å²) in [5, 5.41) is 13.4. The van der Waals surface area contributed by atoms with Gasteiger partial charge in [-0.2, -0.15) is 19.5 Å². The third-order valence-electron chi connectivity index (χ3n) is 7.71. The molecule has 54 heavy (non-hydrogen) atoms. The number of benzene rings is 3. The first-order valence-electron chi connectivity index (χ1n) is 16.5. The predicted molar refractivity (Wildman–Crippen MR) is 197 cm³/mol. The van der Waals surface area contributed by atoms with E-state index in [-0.39, 0.29) is 47.6 Å². The highest BCUT2D eigenvalue weighted by Crippen LogP contribution is 2.41. The van der Waals surface area contributed by atoms with E-state index in [1.807, 2.05) is 6.07 Å². The molecule has 5 aromatic rings. The Kier molecular flexibility index (Phi) is 13.1. The van der Waals surface area contributed by atoms with Crippen LogP contribution < -0.4 is 9.47 Å². The van der Waals surface area contributed by atoms with Gasteiger partial charge in [0.1, 0.15) is 50.7 Å². The number of para-hydroxylation sites is 2. The zero-order valence-electron chi connectivity index (χ0n) is 28.9. The van der Waals surface area contributed by atoms with Crippen molar-refractivity contribution in [3.8, 4) is 23.3 Å². The van der Waals surface area contributed by atoms with Gasteiger partial charge in [0.05, 0.1) is 28.3 Å². The van der Waals surface area contributed by atoms with Crippen molar-refractivity contribution in [1.29, 1.82) is 0 Å². The first-order chi connectivity index (χ1) is 26.3. The van der Waals surface area contributed by atoms with E-state index in [2.05, 4.69) is 37.3 Å². The maximum Gasteiger partial charge on any atom is 0.280 e. The fourth-order valence-electron chi connectivity index (χ4n) is 5.34. The maximum absolute atomic E-state index is 15.1. The number of nitrogens with zero attached hydrogens (tertiary/aromatic N) is 7. The van der Waals surface area contributed by atoms with Gasteiger partial charge in [-0.25, -0.2) is 9.67 Å². The molecule has 2 aliphatic rings. The number of hydrogen-bond donors (Lipinski definition) is 0. The molecule has 2 atom stereocenters. The lowest BCUT2D eigenvalue weighted by Crippen LogP contribution is -2.34. The third-order valence-corrected chi connectivity index (χ3v) is 8.57. The molecular formula is C36H33Cl3FN7O7. The number of aromatic nitrogens is 5. The molecule has 4 heterocycles. The molecule has 282 valence electrons. The van der Waals surface area contributed by atoms with Crippen LogP contribution in [-0.4, -0.2) is 69.4 Å². The molecule has 1 saturated heterocycles. The molecule has 14 nitrogen and oxygen atoms in total. The van der Waals surface area contributed by atoms with E-state index in [4.69, 9.17) is 68.2 Å². The zero-order chi connectivity index (χ0) is 37.9. The summed E-state index contributed by atoms with van der Waals surface area (Å²) in [6, 6.07) is 18.6. The molecule has 0 amide bonds. The molecule has 2 aromatic heterocycles. The van der Waals surface area contributed by atoms with Crippen LogP contribution in [0.1, 0.15) is 30.9 Å². The van der Waals surface area contributed by atoms with Gasteiger partial charge in [-0.3, -0.25) is 0 Å². The lowest BCUT2D eigenvalue weighted by Gasteiger charge is -2.29.